The Morgan fingerprint density at radius 2 is 2.00 bits per heavy atom. The van der Waals surface area contributed by atoms with Gasteiger partial charge in [-0.3, -0.25) is 0 Å². The Kier molecular flexibility index (Phi) is 3.92. The fourth-order valence-corrected chi connectivity index (χ4v) is 2.23. The number of hydrogen-bond donors (Lipinski definition) is 1. The summed E-state index contributed by atoms with van der Waals surface area (Å²) in [5.41, 5.74) is 8.01. The molecule has 0 spiro atoms. The molecule has 21 heavy (non-hydrogen) atoms. The lowest BCUT2D eigenvalue weighted by atomic mass is 10.3. The third-order valence-electron chi connectivity index (χ3n) is 3.11. The zero-order valence-corrected chi connectivity index (χ0v) is 12.1. The number of halogens is 1. The number of aryl methyl sites for hydroxylation is 1. The first-order valence-electron chi connectivity index (χ1n) is 6.67. The van der Waals surface area contributed by atoms with E-state index in [1.54, 1.807) is 12.5 Å². The quantitative estimate of drug-likeness (QED) is 0.581. The molecule has 2 N–H and O–H groups in total. The van der Waals surface area contributed by atoms with Crippen LogP contribution in [0, 0.1) is 0 Å². The van der Waals surface area contributed by atoms with E-state index < -0.39 is 0 Å². The van der Waals surface area contributed by atoms with Crippen molar-refractivity contribution >= 4 is 28.5 Å². The van der Waals surface area contributed by atoms with Crippen LogP contribution in [0.3, 0.4) is 0 Å². The highest BCUT2D eigenvalue weighted by atomic mass is 35.5. The molecule has 0 atom stereocenters. The van der Waals surface area contributed by atoms with Crippen LogP contribution >= 0.6 is 11.6 Å². The molecule has 3 rings (SSSR count). The molecule has 2 aromatic heterocycles. The van der Waals surface area contributed by atoms with Crippen molar-refractivity contribution < 1.29 is 4.74 Å². The van der Waals surface area contributed by atoms with Gasteiger partial charge >= 0.3 is 0 Å². The second-order valence-corrected chi connectivity index (χ2v) is 5.14. The number of imidazole rings is 1. The predicted octanol–water partition coefficient (Wildman–Crippen LogP) is 3.14. The topological polar surface area (TPSA) is 66.0 Å². The zero-order valence-electron chi connectivity index (χ0n) is 11.4. The van der Waals surface area contributed by atoms with Gasteiger partial charge in [-0.2, -0.15) is 0 Å². The third-order valence-corrected chi connectivity index (χ3v) is 3.32. The van der Waals surface area contributed by atoms with E-state index in [0.29, 0.717) is 11.6 Å². The van der Waals surface area contributed by atoms with Crippen molar-refractivity contribution in [1.29, 1.82) is 0 Å². The monoisotopic (exact) mass is 302 g/mol. The van der Waals surface area contributed by atoms with Crippen LogP contribution in [0.2, 0.25) is 5.02 Å². The average molecular weight is 303 g/mol. The minimum Gasteiger partial charge on any atom is -0.494 e. The van der Waals surface area contributed by atoms with E-state index in [1.165, 1.54) is 0 Å². The second kappa shape index (κ2) is 6.01. The van der Waals surface area contributed by atoms with Gasteiger partial charge in [-0.25, -0.2) is 9.97 Å². The zero-order chi connectivity index (χ0) is 14.7. The predicted molar refractivity (Wildman–Crippen MR) is 83.5 cm³/mol. The van der Waals surface area contributed by atoms with Crippen LogP contribution < -0.4 is 10.5 Å². The second-order valence-electron chi connectivity index (χ2n) is 4.71. The van der Waals surface area contributed by atoms with Gasteiger partial charge in [-0.1, -0.05) is 11.6 Å². The fourth-order valence-electron chi connectivity index (χ4n) is 2.08. The van der Waals surface area contributed by atoms with Crippen LogP contribution in [0.5, 0.6) is 5.75 Å². The number of nitrogens with zero attached hydrogens (tertiary/aromatic N) is 3. The number of fused-ring (bicyclic) bond motifs is 1. The van der Waals surface area contributed by atoms with E-state index in [0.717, 1.165) is 35.6 Å². The SMILES string of the molecule is Nc1ccc(OCCCn2cnc3cc(Cl)cnc32)cc1. The Labute approximate surface area is 127 Å². The van der Waals surface area contributed by atoms with Crippen LogP contribution in [0.4, 0.5) is 5.69 Å². The first kappa shape index (κ1) is 13.7. The van der Waals surface area contributed by atoms with E-state index in [-0.39, 0.29) is 0 Å². The highest BCUT2D eigenvalue weighted by Gasteiger charge is 2.04. The van der Waals surface area contributed by atoms with E-state index >= 15 is 0 Å². The number of benzene rings is 1. The molecule has 0 radical (unpaired) electrons. The molecule has 3 aromatic rings. The summed E-state index contributed by atoms with van der Waals surface area (Å²) in [5, 5.41) is 0.597. The van der Waals surface area contributed by atoms with Gasteiger partial charge < -0.3 is 15.0 Å². The standard InChI is InChI=1S/C15H15ClN4O/c16-11-8-14-15(18-9-11)20(10-19-14)6-1-7-21-13-4-2-12(17)3-5-13/h2-5,8-10H,1,6-7,17H2. The maximum Gasteiger partial charge on any atom is 0.159 e. The smallest absolute Gasteiger partial charge is 0.159 e. The lowest BCUT2D eigenvalue weighted by Gasteiger charge is -2.07. The number of nitrogen functional groups attached to an aromatic ring is 1. The first-order valence-corrected chi connectivity index (χ1v) is 7.05. The molecule has 108 valence electrons. The summed E-state index contributed by atoms with van der Waals surface area (Å²) >= 11 is 5.89. The van der Waals surface area contributed by atoms with E-state index in [9.17, 15) is 0 Å². The summed E-state index contributed by atoms with van der Waals surface area (Å²) in [6.45, 7) is 1.41. The van der Waals surface area contributed by atoms with Crippen molar-refractivity contribution in [1.82, 2.24) is 14.5 Å². The Balaban J connectivity index is 1.56. The summed E-state index contributed by atoms with van der Waals surface area (Å²) in [6, 6.07) is 9.20. The molecule has 0 aliphatic carbocycles. The fraction of sp³-hybridized carbons (Fsp3) is 0.200. The van der Waals surface area contributed by atoms with Gasteiger partial charge in [0.15, 0.2) is 5.65 Å². The number of nitrogens with two attached hydrogens (primary N) is 1. The third kappa shape index (κ3) is 3.25. The Morgan fingerprint density at radius 1 is 1.19 bits per heavy atom. The summed E-state index contributed by atoms with van der Waals surface area (Å²) in [6.07, 6.45) is 4.27. The largest absolute Gasteiger partial charge is 0.494 e. The molecular weight excluding hydrogens is 288 g/mol. The van der Waals surface area contributed by atoms with Crippen molar-refractivity contribution in [2.75, 3.05) is 12.3 Å². The molecule has 0 unspecified atom stereocenters. The number of aromatic nitrogens is 3. The maximum absolute atomic E-state index is 5.89. The minimum atomic E-state index is 0.597. The molecule has 0 bridgehead atoms. The normalized spacial score (nSPS) is 10.9. The molecule has 0 amide bonds. The van der Waals surface area contributed by atoms with Crippen molar-refractivity contribution in [3.63, 3.8) is 0 Å². The molecule has 5 nitrogen and oxygen atoms in total. The highest BCUT2D eigenvalue weighted by molar-refractivity contribution is 6.31. The molecule has 0 fully saturated rings. The summed E-state index contributed by atoms with van der Waals surface area (Å²) in [4.78, 5) is 8.59. The van der Waals surface area contributed by atoms with Crippen molar-refractivity contribution in [2.45, 2.75) is 13.0 Å². The lowest BCUT2D eigenvalue weighted by Crippen LogP contribution is -2.04. The van der Waals surface area contributed by atoms with Crippen LogP contribution in [0.15, 0.2) is 42.9 Å². The van der Waals surface area contributed by atoms with Gasteiger partial charge in [0.25, 0.3) is 0 Å². The average Bonchev–Trinajstić information content (AvgIpc) is 2.87. The van der Waals surface area contributed by atoms with Gasteiger partial charge in [-0.05, 0) is 36.8 Å². The number of anilines is 1. The molecule has 0 aliphatic rings. The van der Waals surface area contributed by atoms with Crippen LogP contribution in [-0.2, 0) is 6.54 Å². The van der Waals surface area contributed by atoms with Gasteiger partial charge in [0.1, 0.15) is 11.3 Å². The van der Waals surface area contributed by atoms with Crippen molar-refractivity contribution in [3.8, 4) is 5.75 Å². The van der Waals surface area contributed by atoms with Gasteiger partial charge in [-0.15, -0.1) is 0 Å². The lowest BCUT2D eigenvalue weighted by molar-refractivity contribution is 0.302. The van der Waals surface area contributed by atoms with Crippen LogP contribution in [-0.4, -0.2) is 21.1 Å². The molecule has 0 aliphatic heterocycles. The molecule has 1 aromatic carbocycles. The first-order chi connectivity index (χ1) is 10.2. The maximum atomic E-state index is 5.89. The van der Waals surface area contributed by atoms with Crippen LogP contribution in [0.1, 0.15) is 6.42 Å². The summed E-state index contributed by atoms with van der Waals surface area (Å²) in [5.74, 6) is 0.824. The van der Waals surface area contributed by atoms with Crippen molar-refractivity contribution in [2.24, 2.45) is 0 Å². The molecular formula is C15H15ClN4O. The molecule has 2 heterocycles. The minimum absolute atomic E-state index is 0.597. The van der Waals surface area contributed by atoms with Gasteiger partial charge in [0, 0.05) is 18.4 Å². The number of hydrogen-bond acceptors (Lipinski definition) is 4. The number of ether oxygens (including phenoxy) is 1. The Hall–Kier alpha value is -2.27. The van der Waals surface area contributed by atoms with Crippen LogP contribution in [0.25, 0.3) is 11.2 Å². The number of pyridine rings is 1. The Morgan fingerprint density at radius 3 is 2.81 bits per heavy atom. The van der Waals surface area contributed by atoms with E-state index in [4.69, 9.17) is 22.1 Å². The Bertz CT molecular complexity index is 739. The van der Waals surface area contributed by atoms with Gasteiger partial charge in [0.2, 0.25) is 0 Å². The summed E-state index contributed by atoms with van der Waals surface area (Å²) < 4.78 is 7.66. The molecule has 6 heteroatoms. The van der Waals surface area contributed by atoms with Crippen molar-refractivity contribution in [3.05, 3.63) is 47.9 Å². The summed E-state index contributed by atoms with van der Waals surface area (Å²) in [7, 11) is 0. The van der Waals surface area contributed by atoms with Gasteiger partial charge in [0.05, 0.1) is 18.0 Å². The molecule has 0 saturated carbocycles. The molecule has 0 saturated heterocycles. The highest BCUT2D eigenvalue weighted by Crippen LogP contribution is 2.16. The van der Waals surface area contributed by atoms with E-state index in [2.05, 4.69) is 9.97 Å². The number of rotatable bonds is 5. The van der Waals surface area contributed by atoms with E-state index in [1.807, 2.05) is 34.9 Å².